The molecule has 0 saturated heterocycles. The maximum atomic E-state index is 5.58. The summed E-state index contributed by atoms with van der Waals surface area (Å²) in [6.45, 7) is 0. The molecule has 101 heavy (non-hydrogen) atoms. The topological polar surface area (TPSA) is 63.3 Å². The maximum absolute atomic E-state index is 5.58. The highest BCUT2D eigenvalue weighted by atomic mass is 15.1. The van der Waals surface area contributed by atoms with Crippen molar-refractivity contribution in [1.29, 1.82) is 0 Å². The predicted octanol–water partition coefficient (Wildman–Crippen LogP) is 23.7. The number of nitrogens with zero attached hydrogens (tertiary/aromatic N) is 8. The van der Waals surface area contributed by atoms with Crippen molar-refractivity contribution in [1.82, 2.24) is 37.8 Å². The number of hydrogen-bond acceptors (Lipinski definition) is 3. The number of hydrogen-bond donors (Lipinski definition) is 0. The van der Waals surface area contributed by atoms with Gasteiger partial charge in [-0.3, -0.25) is 0 Å². The molecule has 0 unspecified atom stereocenters. The van der Waals surface area contributed by atoms with Gasteiger partial charge in [0.1, 0.15) is 0 Å². The molecule has 0 radical (unpaired) electrons. The van der Waals surface area contributed by atoms with Crippen LogP contribution in [0.4, 0.5) is 0 Å². The van der Waals surface area contributed by atoms with Crippen LogP contribution in [0.5, 0.6) is 0 Å². The first-order valence-electron chi connectivity index (χ1n) is 34.4. The van der Waals surface area contributed by atoms with Gasteiger partial charge in [0.05, 0.1) is 72.2 Å². The van der Waals surface area contributed by atoms with Crippen molar-refractivity contribution < 1.29 is 0 Å². The van der Waals surface area contributed by atoms with Crippen LogP contribution in [0.25, 0.3) is 194 Å². The summed E-state index contributed by atoms with van der Waals surface area (Å²) in [5.74, 6) is 1.71. The van der Waals surface area contributed by atoms with Crippen molar-refractivity contribution >= 4 is 109 Å². The van der Waals surface area contributed by atoms with E-state index in [-0.39, 0.29) is 0 Å². The number of rotatable bonds is 10. The van der Waals surface area contributed by atoms with E-state index >= 15 is 0 Å². The summed E-state index contributed by atoms with van der Waals surface area (Å²) in [4.78, 5) is 16.4. The van der Waals surface area contributed by atoms with Gasteiger partial charge in [-0.15, -0.1) is 0 Å². The fraction of sp³-hybridized carbons (Fsp3) is 0. The van der Waals surface area contributed by atoms with Crippen LogP contribution in [0.2, 0.25) is 0 Å². The van der Waals surface area contributed by atoms with Gasteiger partial charge in [0.25, 0.3) is 0 Å². The van der Waals surface area contributed by atoms with Crippen molar-refractivity contribution in [2.45, 2.75) is 0 Å². The van der Waals surface area contributed by atoms with E-state index in [4.69, 9.17) is 15.0 Å². The Morgan fingerprint density at radius 1 is 0.168 bits per heavy atom. The summed E-state index contributed by atoms with van der Waals surface area (Å²) in [7, 11) is 0. The van der Waals surface area contributed by atoms with E-state index in [0.29, 0.717) is 17.5 Å². The standard InChI is InChI=1S/C93H58N8/c1-3-27-59(28-4-1)91-94-92(60-29-5-2-6-30-60)96-93(95-91)61-55-76(72-39-15-25-49-86(72)99-82-45-21-11-35-68(82)69-36-12-22-46-83(69)99)90(77(56-61)73-40-16-26-50-87(73)100-84-47-23-13-37-70(84)71-38-14-24-48-85(71)100)101-88-53-51-62(97-78-41-17-7-31-64(78)65-32-8-18-42-79(65)97)57-74(88)75-58-63(52-54-89(75)101)98-80-43-19-9-33-66(80)67-34-10-20-44-81(67)98/h1-58H. The van der Waals surface area contributed by atoms with E-state index in [0.717, 1.165) is 133 Å². The van der Waals surface area contributed by atoms with Crippen LogP contribution < -0.4 is 0 Å². The minimum Gasteiger partial charge on any atom is -0.309 e. The van der Waals surface area contributed by atoms with Gasteiger partial charge >= 0.3 is 0 Å². The lowest BCUT2D eigenvalue weighted by Crippen LogP contribution is -2.07. The molecule has 6 heterocycles. The average molecular weight is 1290 g/mol. The zero-order valence-electron chi connectivity index (χ0n) is 54.6. The molecule has 0 saturated carbocycles. The highest BCUT2D eigenvalue weighted by Gasteiger charge is 2.29. The summed E-state index contributed by atoms with van der Waals surface area (Å²) < 4.78 is 12.4. The molecule has 0 bridgehead atoms. The van der Waals surface area contributed by atoms with Gasteiger partial charge in [0.2, 0.25) is 0 Å². The Bertz CT molecular complexity index is 6340. The van der Waals surface area contributed by atoms with Crippen LogP contribution in [0, 0.1) is 0 Å². The minimum absolute atomic E-state index is 0.546. The second-order valence-electron chi connectivity index (χ2n) is 26.2. The monoisotopic (exact) mass is 1290 g/mol. The van der Waals surface area contributed by atoms with E-state index in [1.165, 1.54) is 43.1 Å². The molecule has 0 amide bonds. The summed E-state index contributed by atoms with van der Waals surface area (Å²) in [6, 6.07) is 128. The SMILES string of the molecule is c1ccc(-c2nc(-c3ccccc3)nc(-c3cc(-c4ccccc4-n4c5ccccc5c5ccccc54)c(-n4c5ccc(-n6c7ccccc7c7ccccc76)cc5c5cc(-n6c7ccccc7c7ccccc76)ccc54)c(-c4ccccc4-n4c5ccccc5c5ccccc54)c3)n2)cc1. The molecule has 0 aliphatic heterocycles. The zero-order valence-corrected chi connectivity index (χ0v) is 54.6. The van der Waals surface area contributed by atoms with E-state index in [1.807, 2.05) is 36.4 Å². The Morgan fingerprint density at radius 2 is 0.426 bits per heavy atom. The summed E-state index contributed by atoms with van der Waals surface area (Å²) in [6.07, 6.45) is 0. The first kappa shape index (κ1) is 56.5. The number of para-hydroxylation sites is 10. The van der Waals surface area contributed by atoms with Crippen molar-refractivity contribution in [3.8, 4) is 84.9 Å². The predicted molar refractivity (Wildman–Crippen MR) is 419 cm³/mol. The van der Waals surface area contributed by atoms with Crippen molar-refractivity contribution in [2.24, 2.45) is 0 Å². The molecular weight excluding hydrogens is 1230 g/mol. The van der Waals surface area contributed by atoms with Gasteiger partial charge in [0.15, 0.2) is 17.5 Å². The average Bonchev–Trinajstić information content (AvgIpc) is 1.67. The van der Waals surface area contributed by atoms with Gasteiger partial charge in [-0.1, -0.05) is 243 Å². The molecule has 0 spiro atoms. The lowest BCUT2D eigenvalue weighted by molar-refractivity contribution is 1.07. The van der Waals surface area contributed by atoms with E-state index in [1.54, 1.807) is 0 Å². The van der Waals surface area contributed by atoms with E-state index < -0.39 is 0 Å². The Kier molecular flexibility index (Phi) is 12.5. The molecule has 0 atom stereocenters. The first-order valence-corrected chi connectivity index (χ1v) is 34.4. The largest absolute Gasteiger partial charge is 0.309 e. The molecule has 470 valence electrons. The molecule has 0 fully saturated rings. The van der Waals surface area contributed by atoms with Crippen molar-refractivity contribution in [2.75, 3.05) is 0 Å². The van der Waals surface area contributed by atoms with Crippen LogP contribution in [0.1, 0.15) is 0 Å². The third kappa shape index (κ3) is 8.65. The van der Waals surface area contributed by atoms with Gasteiger partial charge in [0, 0.05) is 104 Å². The minimum atomic E-state index is 0.546. The van der Waals surface area contributed by atoms with E-state index in [9.17, 15) is 0 Å². The second kappa shape index (κ2) is 22.4. The Hall–Kier alpha value is -13.7. The molecule has 0 aliphatic carbocycles. The molecule has 6 aromatic heterocycles. The van der Waals surface area contributed by atoms with Crippen LogP contribution in [-0.4, -0.2) is 37.8 Å². The van der Waals surface area contributed by atoms with Crippen LogP contribution in [-0.2, 0) is 0 Å². The Morgan fingerprint density at radius 3 is 0.752 bits per heavy atom. The Balaban J connectivity index is 0.950. The van der Waals surface area contributed by atoms with Crippen molar-refractivity contribution in [3.63, 3.8) is 0 Å². The smallest absolute Gasteiger partial charge is 0.164 e. The molecule has 21 aromatic rings. The molecule has 0 aliphatic rings. The van der Waals surface area contributed by atoms with Crippen LogP contribution in [0.3, 0.4) is 0 Å². The quantitative estimate of drug-likeness (QED) is 0.137. The summed E-state index contributed by atoms with van der Waals surface area (Å²) in [5, 5.41) is 11.8. The van der Waals surface area contributed by atoms with Gasteiger partial charge in [-0.05, 0) is 109 Å². The van der Waals surface area contributed by atoms with Crippen LogP contribution in [0.15, 0.2) is 352 Å². The highest BCUT2D eigenvalue weighted by molar-refractivity contribution is 6.17. The van der Waals surface area contributed by atoms with Gasteiger partial charge in [-0.25, -0.2) is 15.0 Å². The molecular formula is C93H58N8. The zero-order chi connectivity index (χ0) is 66.2. The fourth-order valence-electron chi connectivity index (χ4n) is 16.4. The van der Waals surface area contributed by atoms with Crippen molar-refractivity contribution in [3.05, 3.63) is 352 Å². The maximum Gasteiger partial charge on any atom is 0.164 e. The normalized spacial score (nSPS) is 12.0. The molecule has 0 N–H and O–H groups in total. The lowest BCUT2D eigenvalue weighted by atomic mass is 9.90. The molecule has 21 rings (SSSR count). The van der Waals surface area contributed by atoms with Gasteiger partial charge < -0.3 is 22.8 Å². The highest BCUT2D eigenvalue weighted by Crippen LogP contribution is 2.50. The number of benzene rings is 15. The first-order chi connectivity index (χ1) is 50.1. The number of fused-ring (bicyclic) bond motifs is 15. The number of aromatic nitrogens is 8. The second-order valence-corrected chi connectivity index (χ2v) is 26.2. The molecule has 8 heteroatoms. The summed E-state index contributed by atoms with van der Waals surface area (Å²) >= 11 is 0. The lowest BCUT2D eigenvalue weighted by Gasteiger charge is -2.24. The third-order valence-electron chi connectivity index (χ3n) is 20.7. The van der Waals surface area contributed by atoms with Gasteiger partial charge in [-0.2, -0.15) is 0 Å². The molecule has 15 aromatic carbocycles. The molecule has 8 nitrogen and oxygen atoms in total. The van der Waals surface area contributed by atoms with Crippen LogP contribution >= 0.6 is 0 Å². The third-order valence-corrected chi connectivity index (χ3v) is 20.7. The fourth-order valence-corrected chi connectivity index (χ4v) is 16.4. The van der Waals surface area contributed by atoms with E-state index in [2.05, 4.69) is 338 Å². The Labute approximate surface area is 580 Å². The summed E-state index contributed by atoms with van der Waals surface area (Å²) in [5.41, 5.74) is 22.9.